The van der Waals surface area contributed by atoms with Crippen molar-refractivity contribution in [3.63, 3.8) is 0 Å². The van der Waals surface area contributed by atoms with E-state index in [1.807, 2.05) is 45.2 Å². The number of benzene rings is 1. The molecule has 0 unspecified atom stereocenters. The minimum absolute atomic E-state index is 0.149. The van der Waals surface area contributed by atoms with E-state index in [9.17, 15) is 0 Å². The van der Waals surface area contributed by atoms with Crippen LogP contribution < -0.4 is 5.32 Å². The van der Waals surface area contributed by atoms with Crippen molar-refractivity contribution in [2.24, 2.45) is 5.92 Å². The van der Waals surface area contributed by atoms with E-state index < -0.39 is 6.37 Å². The van der Waals surface area contributed by atoms with Crippen LogP contribution in [0.15, 0.2) is 36.5 Å². The molecule has 0 bridgehead atoms. The number of anilines is 1. The smallest absolute Gasteiger partial charge is 0.0594 e. The molecule has 0 aliphatic rings. The number of halogens is 1. The van der Waals surface area contributed by atoms with Gasteiger partial charge >= 0.3 is 0 Å². The van der Waals surface area contributed by atoms with Crippen molar-refractivity contribution in [1.29, 1.82) is 0 Å². The van der Waals surface area contributed by atoms with Crippen molar-refractivity contribution in [2.45, 2.75) is 33.7 Å². The Hall–Kier alpha value is -1.54. The molecule has 0 saturated heterocycles. The summed E-state index contributed by atoms with van der Waals surface area (Å²) in [5, 5.41) is 3.82. The van der Waals surface area contributed by atoms with Gasteiger partial charge in [-0.3, -0.25) is 4.98 Å². The van der Waals surface area contributed by atoms with Crippen molar-refractivity contribution < 1.29 is 2.74 Å². The molecule has 0 amide bonds. The lowest BCUT2D eigenvalue weighted by molar-refractivity contribution is 0.648. The maximum Gasteiger partial charge on any atom is 0.0594 e. The summed E-state index contributed by atoms with van der Waals surface area (Å²) in [6.45, 7) is 6.28. The molecule has 0 spiro atoms. The van der Waals surface area contributed by atoms with Crippen LogP contribution in [0.2, 0.25) is 5.02 Å². The summed E-state index contributed by atoms with van der Waals surface area (Å²) in [7, 11) is 0. The van der Waals surface area contributed by atoms with Gasteiger partial charge in [-0.05, 0) is 54.6 Å². The Labute approximate surface area is 129 Å². The average Bonchev–Trinajstić information content (AvgIpc) is 2.47. The van der Waals surface area contributed by atoms with Gasteiger partial charge in [-0.1, -0.05) is 31.5 Å². The minimum atomic E-state index is -1.45. The molecule has 0 fully saturated rings. The molecule has 1 aromatic carbocycles. The van der Waals surface area contributed by atoms with Crippen LogP contribution in [0.4, 0.5) is 5.69 Å². The molecular weight excluding hydrogens is 268 g/mol. The Morgan fingerprint density at radius 2 is 2.10 bits per heavy atom. The zero-order valence-electron chi connectivity index (χ0n) is 14.1. The van der Waals surface area contributed by atoms with Gasteiger partial charge < -0.3 is 5.32 Å². The zero-order valence-corrected chi connectivity index (χ0v) is 12.8. The number of nitrogens with zero attached hydrogens (tertiary/aromatic N) is 1. The fourth-order valence-electron chi connectivity index (χ4n) is 1.89. The number of pyridine rings is 1. The van der Waals surface area contributed by atoms with Crippen molar-refractivity contribution in [2.75, 3.05) is 5.32 Å². The van der Waals surface area contributed by atoms with Crippen LogP contribution in [0, 0.1) is 12.8 Å². The molecule has 1 heterocycles. The highest BCUT2D eigenvalue weighted by Crippen LogP contribution is 2.23. The third-order valence-electron chi connectivity index (χ3n) is 2.86. The summed E-state index contributed by atoms with van der Waals surface area (Å²) >= 11 is 6.06. The quantitative estimate of drug-likeness (QED) is 0.851. The first-order valence-corrected chi connectivity index (χ1v) is 7.14. The summed E-state index contributed by atoms with van der Waals surface area (Å²) < 4.78 is 16.6. The monoisotopic (exact) mass is 290 g/mol. The van der Waals surface area contributed by atoms with Crippen LogP contribution >= 0.6 is 11.6 Å². The maximum atomic E-state index is 8.32. The SMILES string of the molecule is [2H]C([2H])(c1cc(Cl)ccc1NCc1ccc(C)cn1)C(C)C. The van der Waals surface area contributed by atoms with Crippen LogP contribution in [-0.4, -0.2) is 4.98 Å². The summed E-state index contributed by atoms with van der Waals surface area (Å²) in [4.78, 5) is 4.36. The molecule has 1 N–H and O–H groups in total. The van der Waals surface area contributed by atoms with E-state index in [1.54, 1.807) is 12.1 Å². The number of hydrogen-bond donors (Lipinski definition) is 1. The summed E-state index contributed by atoms with van der Waals surface area (Å²) in [5.74, 6) is -0.149. The highest BCUT2D eigenvalue weighted by molar-refractivity contribution is 6.30. The highest BCUT2D eigenvalue weighted by atomic mass is 35.5. The Morgan fingerprint density at radius 3 is 2.75 bits per heavy atom. The van der Waals surface area contributed by atoms with Crippen LogP contribution in [-0.2, 0) is 12.9 Å². The van der Waals surface area contributed by atoms with Gasteiger partial charge in [0.2, 0.25) is 0 Å². The average molecular weight is 291 g/mol. The van der Waals surface area contributed by atoms with E-state index in [-0.39, 0.29) is 5.92 Å². The van der Waals surface area contributed by atoms with E-state index in [0.717, 1.165) is 16.9 Å². The van der Waals surface area contributed by atoms with Crippen LogP contribution in [0.1, 0.15) is 33.4 Å². The highest BCUT2D eigenvalue weighted by Gasteiger charge is 2.06. The summed E-state index contributed by atoms with van der Waals surface area (Å²) in [6, 6.07) is 9.28. The first kappa shape index (κ1) is 12.2. The van der Waals surface area contributed by atoms with Crippen LogP contribution in [0.5, 0.6) is 0 Å². The molecule has 0 atom stereocenters. The Bertz CT molecular complexity index is 640. The Morgan fingerprint density at radius 1 is 1.30 bits per heavy atom. The van der Waals surface area contributed by atoms with E-state index in [2.05, 4.69) is 10.3 Å². The van der Waals surface area contributed by atoms with Gasteiger partial charge in [0, 0.05) is 19.6 Å². The minimum Gasteiger partial charge on any atom is -0.379 e. The molecule has 2 aromatic rings. The number of hydrogen-bond acceptors (Lipinski definition) is 2. The molecule has 0 aliphatic carbocycles. The Balaban J connectivity index is 2.25. The predicted octanol–water partition coefficient (Wildman–Crippen LogP) is 4.85. The standard InChI is InChI=1S/C17H21ClN2/c1-12(2)8-14-9-15(18)5-7-17(14)20-11-16-6-4-13(3)10-19-16/h4-7,9-10,12,20H,8,11H2,1-3H3/i8D2. The third kappa shape index (κ3) is 4.24. The lowest BCUT2D eigenvalue weighted by atomic mass is 10.0. The molecule has 3 heteroatoms. The molecular formula is C17H21ClN2. The lowest BCUT2D eigenvalue weighted by Crippen LogP contribution is -2.05. The second kappa shape index (κ2) is 6.76. The maximum absolute atomic E-state index is 8.32. The second-order valence-corrected chi connectivity index (χ2v) is 5.61. The first-order chi connectivity index (χ1) is 10.3. The van der Waals surface area contributed by atoms with E-state index in [1.165, 1.54) is 0 Å². The Kier molecular flexibility index (Phi) is 4.13. The lowest BCUT2D eigenvalue weighted by Gasteiger charge is -2.14. The van der Waals surface area contributed by atoms with Crippen molar-refractivity contribution in [3.8, 4) is 0 Å². The van der Waals surface area contributed by atoms with Gasteiger partial charge in [-0.15, -0.1) is 0 Å². The molecule has 2 nitrogen and oxygen atoms in total. The van der Waals surface area contributed by atoms with Crippen molar-refractivity contribution in [3.05, 3.63) is 58.4 Å². The zero-order chi connectivity index (χ0) is 16.3. The molecule has 0 radical (unpaired) electrons. The molecule has 1 aromatic heterocycles. The topological polar surface area (TPSA) is 24.9 Å². The summed E-state index contributed by atoms with van der Waals surface area (Å²) in [5.41, 5.74) is 3.37. The van der Waals surface area contributed by atoms with Gasteiger partial charge in [0.1, 0.15) is 0 Å². The molecule has 0 aliphatic heterocycles. The van der Waals surface area contributed by atoms with Gasteiger partial charge in [0.25, 0.3) is 0 Å². The van der Waals surface area contributed by atoms with E-state index in [0.29, 0.717) is 17.1 Å². The van der Waals surface area contributed by atoms with Gasteiger partial charge in [-0.2, -0.15) is 0 Å². The van der Waals surface area contributed by atoms with E-state index in [4.69, 9.17) is 14.3 Å². The van der Waals surface area contributed by atoms with Crippen molar-refractivity contribution >= 4 is 17.3 Å². The first-order valence-electron chi connectivity index (χ1n) is 7.76. The van der Waals surface area contributed by atoms with Gasteiger partial charge in [0.15, 0.2) is 0 Å². The predicted molar refractivity (Wildman–Crippen MR) is 86.3 cm³/mol. The molecule has 106 valence electrons. The second-order valence-electron chi connectivity index (χ2n) is 5.17. The number of aromatic nitrogens is 1. The largest absolute Gasteiger partial charge is 0.379 e. The van der Waals surface area contributed by atoms with Gasteiger partial charge in [0.05, 0.1) is 12.2 Å². The summed E-state index contributed by atoms with van der Waals surface area (Å²) in [6.07, 6.45) is 0.376. The number of aryl methyl sites for hydroxylation is 1. The third-order valence-corrected chi connectivity index (χ3v) is 3.09. The van der Waals surface area contributed by atoms with Crippen LogP contribution in [0.3, 0.4) is 0 Å². The molecule has 20 heavy (non-hydrogen) atoms. The van der Waals surface area contributed by atoms with Crippen LogP contribution in [0.25, 0.3) is 0 Å². The molecule has 0 saturated carbocycles. The fourth-order valence-corrected chi connectivity index (χ4v) is 2.06. The number of rotatable bonds is 5. The fraction of sp³-hybridized carbons (Fsp3) is 0.353. The van der Waals surface area contributed by atoms with E-state index >= 15 is 0 Å². The molecule has 2 rings (SSSR count). The van der Waals surface area contributed by atoms with Crippen molar-refractivity contribution in [1.82, 2.24) is 4.98 Å². The normalized spacial score (nSPS) is 13.1. The van der Waals surface area contributed by atoms with Gasteiger partial charge in [-0.25, -0.2) is 0 Å². The number of nitrogens with one attached hydrogen (secondary N) is 1.